The number of aliphatic hydroxyl groups is 2. The van der Waals surface area contributed by atoms with Gasteiger partial charge in [0.05, 0.1) is 23.3 Å². The Hall–Kier alpha value is -2.78. The van der Waals surface area contributed by atoms with Gasteiger partial charge in [0, 0.05) is 43.2 Å². The Morgan fingerprint density at radius 3 is 2.78 bits per heavy atom. The molecule has 8 nitrogen and oxygen atoms in total. The van der Waals surface area contributed by atoms with E-state index in [-0.39, 0.29) is 30.2 Å². The Morgan fingerprint density at radius 1 is 1.14 bits per heavy atom. The number of fused-ring (bicyclic) bond motifs is 4. The standard InChI is InChI=1S/C28H32N2O6/c1-15-7-18-8-17(3-4-21(18)27(34)36-15)25(32)12-30-14-28(9-19(30)11-29-28)10-24(31)20-5-6-22-23(16(20)2)13-35-26(22)33/h3-6,8,15,19,24-25,29,31-32H,7,9-14H2,1-2H3/t15-,19?,24-,25?,28-/m1/s1. The first-order valence-corrected chi connectivity index (χ1v) is 12.7. The largest absolute Gasteiger partial charge is 0.459 e. The molecule has 4 aliphatic heterocycles. The van der Waals surface area contributed by atoms with Crippen molar-refractivity contribution in [3.05, 3.63) is 69.3 Å². The monoisotopic (exact) mass is 492 g/mol. The molecule has 0 spiro atoms. The first kappa shape index (κ1) is 23.6. The number of ether oxygens (including phenoxy) is 2. The predicted octanol–water partition coefficient (Wildman–Crippen LogP) is 2.34. The highest BCUT2D eigenvalue weighted by Crippen LogP contribution is 2.41. The minimum absolute atomic E-state index is 0.161. The van der Waals surface area contributed by atoms with Crippen LogP contribution in [0.15, 0.2) is 30.3 Å². The van der Waals surface area contributed by atoms with Gasteiger partial charge in [0.25, 0.3) is 0 Å². The molecule has 0 saturated carbocycles. The number of cyclic esters (lactones) is 2. The van der Waals surface area contributed by atoms with Gasteiger partial charge in [0.2, 0.25) is 0 Å². The summed E-state index contributed by atoms with van der Waals surface area (Å²) in [6.45, 7) is 6.15. The van der Waals surface area contributed by atoms with E-state index in [1.165, 1.54) is 0 Å². The number of piperazine rings is 1. The van der Waals surface area contributed by atoms with E-state index in [1.54, 1.807) is 12.1 Å². The van der Waals surface area contributed by atoms with Crippen molar-refractivity contribution in [2.45, 2.75) is 69.6 Å². The van der Waals surface area contributed by atoms with Crippen molar-refractivity contribution < 1.29 is 29.3 Å². The first-order chi connectivity index (χ1) is 17.2. The highest BCUT2D eigenvalue weighted by molar-refractivity contribution is 5.94. The Labute approximate surface area is 210 Å². The van der Waals surface area contributed by atoms with Gasteiger partial charge in [-0.25, -0.2) is 9.59 Å². The molecule has 2 fully saturated rings. The second-order valence-electron chi connectivity index (χ2n) is 10.9. The Morgan fingerprint density at radius 2 is 1.94 bits per heavy atom. The molecule has 5 atom stereocenters. The minimum Gasteiger partial charge on any atom is -0.459 e. The molecule has 3 N–H and O–H groups in total. The van der Waals surface area contributed by atoms with E-state index in [9.17, 15) is 19.8 Å². The number of esters is 2. The van der Waals surface area contributed by atoms with Crippen molar-refractivity contribution in [3.63, 3.8) is 0 Å². The number of hydrogen-bond donors (Lipinski definition) is 3. The van der Waals surface area contributed by atoms with Gasteiger partial charge >= 0.3 is 11.9 Å². The number of carbonyl (C=O) groups excluding carboxylic acids is 2. The van der Waals surface area contributed by atoms with E-state index >= 15 is 0 Å². The fourth-order valence-corrected chi connectivity index (χ4v) is 6.58. The molecule has 36 heavy (non-hydrogen) atoms. The van der Waals surface area contributed by atoms with Crippen LogP contribution in [0.25, 0.3) is 0 Å². The van der Waals surface area contributed by atoms with E-state index in [0.29, 0.717) is 36.6 Å². The van der Waals surface area contributed by atoms with Crippen molar-refractivity contribution in [3.8, 4) is 0 Å². The van der Waals surface area contributed by atoms with E-state index in [1.807, 2.05) is 32.0 Å². The molecule has 2 aromatic rings. The fourth-order valence-electron chi connectivity index (χ4n) is 6.58. The summed E-state index contributed by atoms with van der Waals surface area (Å²) in [7, 11) is 0. The van der Waals surface area contributed by atoms with Crippen LogP contribution < -0.4 is 5.32 Å². The fraction of sp³-hybridized carbons (Fsp3) is 0.500. The van der Waals surface area contributed by atoms with Crippen molar-refractivity contribution in [2.24, 2.45) is 0 Å². The molecule has 4 heterocycles. The topological polar surface area (TPSA) is 108 Å². The summed E-state index contributed by atoms with van der Waals surface area (Å²) in [4.78, 5) is 26.3. The summed E-state index contributed by atoms with van der Waals surface area (Å²) >= 11 is 0. The van der Waals surface area contributed by atoms with Crippen LogP contribution in [0.1, 0.15) is 80.5 Å². The number of likely N-dealkylation sites (tertiary alicyclic amines) is 1. The van der Waals surface area contributed by atoms with Crippen LogP contribution in [0.3, 0.4) is 0 Å². The molecule has 2 aromatic carbocycles. The van der Waals surface area contributed by atoms with Gasteiger partial charge in [-0.2, -0.15) is 0 Å². The van der Waals surface area contributed by atoms with Gasteiger partial charge in [-0.15, -0.1) is 0 Å². The summed E-state index contributed by atoms with van der Waals surface area (Å²) in [5.74, 6) is -0.600. The SMILES string of the molecule is Cc1c([C@H](O)C[C@@]23CC(CN2)N(CC(O)c2ccc4c(c2)C[C@@H](C)OC4=O)C3)ccc2c1COC2=O. The van der Waals surface area contributed by atoms with Crippen LogP contribution in [0.4, 0.5) is 0 Å². The molecule has 190 valence electrons. The average Bonchev–Trinajstić information content (AvgIpc) is 3.52. The van der Waals surface area contributed by atoms with E-state index in [2.05, 4.69) is 10.2 Å². The van der Waals surface area contributed by atoms with Gasteiger partial charge in [0.1, 0.15) is 12.7 Å². The number of carbonyl (C=O) groups is 2. The quantitative estimate of drug-likeness (QED) is 0.528. The molecule has 0 aromatic heterocycles. The van der Waals surface area contributed by atoms with Crippen LogP contribution in [-0.2, 0) is 22.5 Å². The highest BCUT2D eigenvalue weighted by Gasteiger charge is 2.50. The second kappa shape index (κ2) is 8.66. The molecule has 2 saturated heterocycles. The molecule has 0 aliphatic carbocycles. The lowest BCUT2D eigenvalue weighted by molar-refractivity contribution is 0.0299. The lowest BCUT2D eigenvalue weighted by atomic mass is 9.86. The van der Waals surface area contributed by atoms with Crippen LogP contribution in [0, 0.1) is 6.92 Å². The number of nitrogens with zero attached hydrogens (tertiary/aromatic N) is 1. The van der Waals surface area contributed by atoms with Crippen molar-refractivity contribution >= 4 is 11.9 Å². The van der Waals surface area contributed by atoms with E-state index in [4.69, 9.17) is 9.47 Å². The number of aliphatic hydroxyl groups excluding tert-OH is 2. The van der Waals surface area contributed by atoms with Crippen LogP contribution >= 0.6 is 0 Å². The number of benzene rings is 2. The first-order valence-electron chi connectivity index (χ1n) is 12.7. The third-order valence-electron chi connectivity index (χ3n) is 8.47. The number of rotatable bonds is 6. The van der Waals surface area contributed by atoms with Gasteiger partial charge in [0.15, 0.2) is 0 Å². The van der Waals surface area contributed by atoms with Gasteiger partial charge in [-0.05, 0) is 61.1 Å². The summed E-state index contributed by atoms with van der Waals surface area (Å²) in [6.07, 6.45) is 0.637. The van der Waals surface area contributed by atoms with Crippen molar-refractivity contribution in [1.29, 1.82) is 0 Å². The molecular weight excluding hydrogens is 460 g/mol. The molecule has 8 heteroatoms. The van der Waals surface area contributed by atoms with Gasteiger partial charge < -0.3 is 25.0 Å². The van der Waals surface area contributed by atoms with Crippen LogP contribution in [-0.4, -0.2) is 64.4 Å². The van der Waals surface area contributed by atoms with Crippen molar-refractivity contribution in [2.75, 3.05) is 19.6 Å². The summed E-state index contributed by atoms with van der Waals surface area (Å²) < 4.78 is 10.5. The Balaban J connectivity index is 1.14. The summed E-state index contributed by atoms with van der Waals surface area (Å²) in [6, 6.07) is 9.42. The van der Waals surface area contributed by atoms with Crippen LogP contribution in [0.5, 0.6) is 0 Å². The molecule has 4 aliphatic rings. The molecular formula is C28H32N2O6. The summed E-state index contributed by atoms with van der Waals surface area (Å²) in [5.41, 5.74) is 5.32. The normalized spacial score (nSPS) is 28.4. The van der Waals surface area contributed by atoms with E-state index < -0.39 is 12.2 Å². The number of nitrogens with one attached hydrogen (secondary N) is 1. The lowest BCUT2D eigenvalue weighted by Gasteiger charge is -2.36. The molecule has 6 rings (SSSR count). The zero-order valence-electron chi connectivity index (χ0n) is 20.6. The van der Waals surface area contributed by atoms with E-state index in [0.717, 1.165) is 47.3 Å². The molecule has 0 amide bonds. The molecule has 2 unspecified atom stereocenters. The number of β-amino-alcohol motifs (C(OH)–C–C–N with tert-alkyl or cyclic N) is 1. The van der Waals surface area contributed by atoms with Gasteiger partial charge in [-0.3, -0.25) is 4.90 Å². The third kappa shape index (κ3) is 3.93. The maximum absolute atomic E-state index is 12.1. The zero-order valence-corrected chi connectivity index (χ0v) is 20.6. The summed E-state index contributed by atoms with van der Waals surface area (Å²) in [5, 5.41) is 25.9. The van der Waals surface area contributed by atoms with Gasteiger partial charge in [-0.1, -0.05) is 18.2 Å². The predicted molar refractivity (Wildman–Crippen MR) is 131 cm³/mol. The molecule has 0 radical (unpaired) electrons. The lowest BCUT2D eigenvalue weighted by Crippen LogP contribution is -2.52. The average molecular weight is 493 g/mol. The third-order valence-corrected chi connectivity index (χ3v) is 8.47. The Kier molecular flexibility index (Phi) is 5.68. The minimum atomic E-state index is -0.665. The number of hydrogen-bond acceptors (Lipinski definition) is 8. The maximum Gasteiger partial charge on any atom is 0.338 e. The zero-order chi connectivity index (χ0) is 25.2. The maximum atomic E-state index is 12.1. The smallest absolute Gasteiger partial charge is 0.338 e. The second-order valence-corrected chi connectivity index (χ2v) is 10.9. The van der Waals surface area contributed by atoms with Crippen LogP contribution in [0.2, 0.25) is 0 Å². The van der Waals surface area contributed by atoms with Crippen molar-refractivity contribution in [1.82, 2.24) is 10.2 Å². The molecule has 2 bridgehead atoms. The Bertz CT molecular complexity index is 1240. The highest BCUT2D eigenvalue weighted by atomic mass is 16.5.